The second-order valence-electron chi connectivity index (χ2n) is 4.58. The van der Waals surface area contributed by atoms with Gasteiger partial charge in [-0.2, -0.15) is 0 Å². The first-order valence-corrected chi connectivity index (χ1v) is 5.77. The van der Waals surface area contributed by atoms with E-state index in [4.69, 9.17) is 4.74 Å². The Balaban J connectivity index is 1.93. The van der Waals surface area contributed by atoms with Gasteiger partial charge in [0, 0.05) is 26.2 Å². The van der Waals surface area contributed by atoms with E-state index in [1.54, 1.807) is 7.11 Å². The molecule has 1 N–H and O–H groups in total. The lowest BCUT2D eigenvalue weighted by atomic mass is 9.94. The Morgan fingerprint density at radius 2 is 2.33 bits per heavy atom. The zero-order valence-electron chi connectivity index (χ0n) is 9.53. The summed E-state index contributed by atoms with van der Waals surface area (Å²) in [6.45, 7) is 4.68. The fourth-order valence-electron chi connectivity index (χ4n) is 2.58. The molecule has 0 bridgehead atoms. The summed E-state index contributed by atoms with van der Waals surface area (Å²) in [5.41, 5.74) is 0. The summed E-state index contributed by atoms with van der Waals surface area (Å²) >= 11 is 0. The molecule has 0 aromatic carbocycles. The number of carbonyl (C=O) groups is 1. The van der Waals surface area contributed by atoms with Crippen molar-refractivity contribution in [3.63, 3.8) is 0 Å². The smallest absolute Gasteiger partial charge is 0.251 e. The molecule has 3 unspecified atom stereocenters. The zero-order chi connectivity index (χ0) is 10.8. The molecule has 2 fully saturated rings. The van der Waals surface area contributed by atoms with Gasteiger partial charge in [0.25, 0.3) is 5.91 Å². The summed E-state index contributed by atoms with van der Waals surface area (Å²) in [5, 5.41) is 3.49. The first-order valence-electron chi connectivity index (χ1n) is 5.77. The predicted octanol–water partition coefficient (Wildman–Crippen LogP) is 0.232. The Bertz CT molecular complexity index is 231. The minimum absolute atomic E-state index is 0.133. The monoisotopic (exact) mass is 212 g/mol. The Morgan fingerprint density at radius 3 is 3.00 bits per heavy atom. The highest BCUT2D eigenvalue weighted by Gasteiger charge is 2.37. The van der Waals surface area contributed by atoms with Gasteiger partial charge in [-0.15, -0.1) is 0 Å². The molecule has 0 aromatic heterocycles. The molecule has 0 aromatic rings. The molecule has 1 amide bonds. The van der Waals surface area contributed by atoms with E-state index in [0.717, 1.165) is 19.6 Å². The summed E-state index contributed by atoms with van der Waals surface area (Å²) < 4.78 is 5.07. The van der Waals surface area contributed by atoms with Gasteiger partial charge >= 0.3 is 0 Å². The third kappa shape index (κ3) is 2.16. The van der Waals surface area contributed by atoms with E-state index in [2.05, 4.69) is 5.32 Å². The second kappa shape index (κ2) is 4.49. The standard InChI is InChI=1S/C11H20N2O2/c1-8(15-2)11(14)13-6-9-4-3-5-12-10(9)7-13/h8-10,12H,3-7H2,1-2H3. The van der Waals surface area contributed by atoms with Crippen molar-refractivity contribution in [1.29, 1.82) is 0 Å². The van der Waals surface area contributed by atoms with Gasteiger partial charge in [0.05, 0.1) is 0 Å². The van der Waals surface area contributed by atoms with Gasteiger partial charge in [-0.3, -0.25) is 4.79 Å². The van der Waals surface area contributed by atoms with Crippen LogP contribution in [-0.4, -0.2) is 49.7 Å². The molecule has 2 aliphatic heterocycles. The number of hydrogen-bond acceptors (Lipinski definition) is 3. The number of carbonyl (C=O) groups excluding carboxylic acids is 1. The molecule has 4 heteroatoms. The van der Waals surface area contributed by atoms with Crippen molar-refractivity contribution < 1.29 is 9.53 Å². The van der Waals surface area contributed by atoms with Crippen LogP contribution in [0.1, 0.15) is 19.8 Å². The number of piperidine rings is 1. The van der Waals surface area contributed by atoms with E-state index >= 15 is 0 Å². The maximum Gasteiger partial charge on any atom is 0.251 e. The van der Waals surface area contributed by atoms with Crippen molar-refractivity contribution in [1.82, 2.24) is 10.2 Å². The molecule has 15 heavy (non-hydrogen) atoms. The Kier molecular flexibility index (Phi) is 3.26. The van der Waals surface area contributed by atoms with Crippen LogP contribution in [0.4, 0.5) is 0 Å². The van der Waals surface area contributed by atoms with Crippen LogP contribution in [0.25, 0.3) is 0 Å². The number of nitrogens with zero attached hydrogens (tertiary/aromatic N) is 1. The van der Waals surface area contributed by atoms with E-state index in [1.165, 1.54) is 12.8 Å². The minimum Gasteiger partial charge on any atom is -0.372 e. The maximum atomic E-state index is 11.9. The van der Waals surface area contributed by atoms with Crippen LogP contribution in [0.2, 0.25) is 0 Å². The third-order valence-corrected chi connectivity index (χ3v) is 3.61. The number of rotatable bonds is 2. The topological polar surface area (TPSA) is 41.6 Å². The average molecular weight is 212 g/mol. The minimum atomic E-state index is -0.301. The number of ether oxygens (including phenoxy) is 1. The van der Waals surface area contributed by atoms with Crippen LogP contribution in [0.3, 0.4) is 0 Å². The van der Waals surface area contributed by atoms with Crippen LogP contribution in [0, 0.1) is 5.92 Å². The van der Waals surface area contributed by atoms with Gasteiger partial charge < -0.3 is 15.0 Å². The van der Waals surface area contributed by atoms with Gasteiger partial charge in [0.2, 0.25) is 0 Å². The molecule has 0 aliphatic carbocycles. The highest BCUT2D eigenvalue weighted by molar-refractivity contribution is 5.80. The molecule has 0 radical (unpaired) electrons. The van der Waals surface area contributed by atoms with Gasteiger partial charge in [-0.1, -0.05) is 0 Å². The van der Waals surface area contributed by atoms with E-state index in [9.17, 15) is 4.79 Å². The lowest BCUT2D eigenvalue weighted by molar-refractivity contribution is -0.140. The molecule has 86 valence electrons. The van der Waals surface area contributed by atoms with Crippen molar-refractivity contribution in [3.05, 3.63) is 0 Å². The van der Waals surface area contributed by atoms with Crippen molar-refractivity contribution in [2.75, 3.05) is 26.7 Å². The highest BCUT2D eigenvalue weighted by Crippen LogP contribution is 2.25. The fourth-order valence-corrected chi connectivity index (χ4v) is 2.58. The molecule has 2 heterocycles. The summed E-state index contributed by atoms with van der Waals surface area (Å²) in [5.74, 6) is 0.792. The summed E-state index contributed by atoms with van der Waals surface area (Å²) in [7, 11) is 1.59. The molecule has 0 spiro atoms. The molecule has 4 nitrogen and oxygen atoms in total. The van der Waals surface area contributed by atoms with Crippen molar-refractivity contribution >= 4 is 5.91 Å². The SMILES string of the molecule is COC(C)C(=O)N1CC2CCCNC2C1. The Labute approximate surface area is 91.0 Å². The number of hydrogen-bond donors (Lipinski definition) is 1. The van der Waals surface area contributed by atoms with Crippen molar-refractivity contribution in [2.45, 2.75) is 31.9 Å². The lowest BCUT2D eigenvalue weighted by Crippen LogP contribution is -2.42. The second-order valence-corrected chi connectivity index (χ2v) is 4.58. The Hall–Kier alpha value is -0.610. The molecule has 2 saturated heterocycles. The van der Waals surface area contributed by atoms with Gasteiger partial charge in [-0.05, 0) is 32.2 Å². The van der Waals surface area contributed by atoms with Gasteiger partial charge in [-0.25, -0.2) is 0 Å². The summed E-state index contributed by atoms with van der Waals surface area (Å²) in [4.78, 5) is 13.8. The fraction of sp³-hybridized carbons (Fsp3) is 0.909. The first-order chi connectivity index (χ1) is 7.22. The molecular weight excluding hydrogens is 192 g/mol. The normalized spacial score (nSPS) is 32.5. The molecule has 2 aliphatic rings. The van der Waals surface area contributed by atoms with Crippen molar-refractivity contribution in [2.24, 2.45) is 5.92 Å². The molecule has 0 saturated carbocycles. The largest absolute Gasteiger partial charge is 0.372 e. The van der Waals surface area contributed by atoms with E-state index in [-0.39, 0.29) is 12.0 Å². The Morgan fingerprint density at radius 1 is 1.53 bits per heavy atom. The number of methoxy groups -OCH3 is 1. The van der Waals surface area contributed by atoms with Gasteiger partial charge in [0.1, 0.15) is 6.10 Å². The molecule has 2 rings (SSSR count). The number of amides is 1. The van der Waals surface area contributed by atoms with E-state index in [1.807, 2.05) is 11.8 Å². The third-order valence-electron chi connectivity index (χ3n) is 3.61. The van der Waals surface area contributed by atoms with E-state index < -0.39 is 0 Å². The van der Waals surface area contributed by atoms with Crippen LogP contribution in [0.15, 0.2) is 0 Å². The van der Waals surface area contributed by atoms with E-state index in [0.29, 0.717) is 12.0 Å². The average Bonchev–Trinajstić information content (AvgIpc) is 2.70. The van der Waals surface area contributed by atoms with Crippen LogP contribution < -0.4 is 5.32 Å². The predicted molar refractivity (Wildman–Crippen MR) is 57.6 cm³/mol. The first kappa shape index (κ1) is 10.9. The number of likely N-dealkylation sites (tertiary alicyclic amines) is 1. The van der Waals surface area contributed by atoms with Crippen LogP contribution in [0.5, 0.6) is 0 Å². The summed E-state index contributed by atoms with van der Waals surface area (Å²) in [6.07, 6.45) is 2.19. The van der Waals surface area contributed by atoms with Gasteiger partial charge in [0.15, 0.2) is 0 Å². The van der Waals surface area contributed by atoms with Crippen LogP contribution in [-0.2, 0) is 9.53 Å². The lowest BCUT2D eigenvalue weighted by Gasteiger charge is -2.24. The molecular formula is C11H20N2O2. The maximum absolute atomic E-state index is 11.9. The highest BCUT2D eigenvalue weighted by atomic mass is 16.5. The quantitative estimate of drug-likeness (QED) is 0.712. The van der Waals surface area contributed by atoms with Crippen molar-refractivity contribution in [3.8, 4) is 0 Å². The number of fused-ring (bicyclic) bond motifs is 1. The van der Waals surface area contributed by atoms with Crippen LogP contribution >= 0.6 is 0 Å². The zero-order valence-corrected chi connectivity index (χ0v) is 9.53. The summed E-state index contributed by atoms with van der Waals surface area (Å²) in [6, 6.07) is 0.520. The number of nitrogens with one attached hydrogen (secondary N) is 1. The molecule has 3 atom stereocenters.